The first-order chi connectivity index (χ1) is 14.0. The van der Waals surface area contributed by atoms with Gasteiger partial charge in [0.2, 0.25) is 0 Å². The Kier molecular flexibility index (Phi) is 8.68. The lowest BCUT2D eigenvalue weighted by Crippen LogP contribution is -2.55. The molecule has 2 aromatic rings. The molecule has 0 radical (unpaired) electrons. The molecule has 0 aliphatic carbocycles. The molecule has 0 aliphatic rings. The predicted octanol–water partition coefficient (Wildman–Crippen LogP) is 4.47. The van der Waals surface area contributed by atoms with Crippen molar-refractivity contribution in [1.29, 1.82) is 0 Å². The minimum Gasteiger partial charge on any atom is -0.465 e. The van der Waals surface area contributed by atoms with Crippen molar-refractivity contribution in [3.05, 3.63) is 60.6 Å². The van der Waals surface area contributed by atoms with Gasteiger partial charge in [0, 0.05) is 6.08 Å². The van der Waals surface area contributed by atoms with Crippen molar-refractivity contribution in [3.63, 3.8) is 0 Å². The van der Waals surface area contributed by atoms with Gasteiger partial charge in [0.25, 0.3) is 11.8 Å². The fraction of sp³-hybridized carbons (Fsp3) is 0.391. The highest BCUT2D eigenvalue weighted by molar-refractivity contribution is 6.05. The van der Waals surface area contributed by atoms with Gasteiger partial charge < -0.3 is 9.52 Å². The third-order valence-electron chi connectivity index (χ3n) is 4.69. The van der Waals surface area contributed by atoms with Crippen LogP contribution in [0.4, 0.5) is 5.69 Å². The van der Waals surface area contributed by atoms with Crippen molar-refractivity contribution >= 4 is 23.6 Å². The summed E-state index contributed by atoms with van der Waals surface area (Å²) in [7, 11) is 0. The van der Waals surface area contributed by atoms with E-state index < -0.39 is 17.4 Å². The quantitative estimate of drug-likeness (QED) is 0.457. The summed E-state index contributed by atoms with van der Waals surface area (Å²) in [6.07, 6.45) is 8.28. The number of rotatable bonds is 10. The zero-order chi connectivity index (χ0) is 21.1. The summed E-state index contributed by atoms with van der Waals surface area (Å²) >= 11 is 0. The maximum absolute atomic E-state index is 13.0. The Hall–Kier alpha value is -2.86. The fourth-order valence-corrected chi connectivity index (χ4v) is 2.93. The number of benzene rings is 1. The van der Waals surface area contributed by atoms with Crippen LogP contribution >= 0.6 is 0 Å². The van der Waals surface area contributed by atoms with E-state index in [0.29, 0.717) is 24.3 Å². The Morgan fingerprint density at radius 1 is 1.07 bits per heavy atom. The fourth-order valence-electron chi connectivity index (χ4n) is 2.93. The number of unbranched alkanes of at least 4 members (excludes halogenated alkanes) is 2. The van der Waals surface area contributed by atoms with Crippen LogP contribution in [0.3, 0.4) is 0 Å². The molecule has 0 spiro atoms. The summed E-state index contributed by atoms with van der Waals surface area (Å²) in [6, 6.07) is 12.3. The molecule has 0 bridgehead atoms. The molecule has 0 fully saturated rings. The number of para-hydroxylation sites is 1. The Labute approximate surface area is 172 Å². The van der Waals surface area contributed by atoms with Gasteiger partial charge in [-0.3, -0.25) is 15.0 Å². The monoisotopic (exact) mass is 398 g/mol. The molecule has 2 rings (SSSR count). The highest BCUT2D eigenvalue weighted by Crippen LogP contribution is 2.23. The van der Waals surface area contributed by atoms with Crippen molar-refractivity contribution in [2.75, 3.05) is 5.01 Å². The number of nitrogens with one attached hydrogen (secondary N) is 1. The topological polar surface area (TPSA) is 82.8 Å². The molecule has 2 amide bonds. The molecule has 156 valence electrons. The van der Waals surface area contributed by atoms with Crippen LogP contribution in [0, 0.1) is 0 Å². The van der Waals surface area contributed by atoms with E-state index in [-0.39, 0.29) is 0 Å². The van der Waals surface area contributed by atoms with E-state index in [4.69, 9.17) is 4.42 Å². The highest BCUT2D eigenvalue weighted by atomic mass is 16.3. The van der Waals surface area contributed by atoms with Gasteiger partial charge in [0.1, 0.15) is 11.4 Å². The number of anilines is 1. The zero-order valence-electron chi connectivity index (χ0n) is 17.1. The van der Waals surface area contributed by atoms with Gasteiger partial charge in [0.05, 0.1) is 12.0 Å². The van der Waals surface area contributed by atoms with E-state index in [1.165, 1.54) is 18.4 Å². The largest absolute Gasteiger partial charge is 0.465 e. The second-order valence-corrected chi connectivity index (χ2v) is 7.04. The van der Waals surface area contributed by atoms with E-state index in [9.17, 15) is 14.7 Å². The summed E-state index contributed by atoms with van der Waals surface area (Å²) in [4.78, 5) is 25.8. The van der Waals surface area contributed by atoms with Crippen molar-refractivity contribution in [2.24, 2.45) is 0 Å². The van der Waals surface area contributed by atoms with Gasteiger partial charge in [-0.1, -0.05) is 57.7 Å². The molecule has 29 heavy (non-hydrogen) atoms. The Balaban J connectivity index is 2.23. The molecule has 0 atom stereocenters. The summed E-state index contributed by atoms with van der Waals surface area (Å²) in [5.74, 6) is -0.489. The molecule has 1 aromatic heterocycles. The summed E-state index contributed by atoms with van der Waals surface area (Å²) in [5.41, 5.74) is 1.63. The highest BCUT2D eigenvalue weighted by Gasteiger charge is 2.36. The number of furan rings is 1. The number of carbonyl (C=O) groups excluding carboxylic acids is 2. The molecule has 1 heterocycles. The number of amides is 2. The third-order valence-corrected chi connectivity index (χ3v) is 4.69. The van der Waals surface area contributed by atoms with Crippen LogP contribution in [0.25, 0.3) is 6.08 Å². The average molecular weight is 399 g/mol. The molecule has 6 nitrogen and oxygen atoms in total. The van der Waals surface area contributed by atoms with Crippen LogP contribution in [-0.2, 0) is 9.59 Å². The average Bonchev–Trinajstić information content (AvgIpc) is 3.27. The van der Waals surface area contributed by atoms with Crippen molar-refractivity contribution in [2.45, 2.75) is 58.0 Å². The molecule has 0 unspecified atom stereocenters. The van der Waals surface area contributed by atoms with Crippen LogP contribution in [0.5, 0.6) is 0 Å². The maximum Gasteiger partial charge on any atom is 0.270 e. The number of hydrogen-bond donors (Lipinski definition) is 2. The van der Waals surface area contributed by atoms with Crippen molar-refractivity contribution < 1.29 is 19.1 Å². The van der Waals surface area contributed by atoms with Gasteiger partial charge in [-0.25, -0.2) is 5.01 Å². The number of hydrazine groups is 1. The lowest BCUT2D eigenvalue weighted by atomic mass is 9.90. The van der Waals surface area contributed by atoms with Crippen LogP contribution in [0.2, 0.25) is 0 Å². The zero-order valence-corrected chi connectivity index (χ0v) is 17.1. The minimum absolute atomic E-state index is 0.356. The van der Waals surface area contributed by atoms with Crippen molar-refractivity contribution in [3.8, 4) is 0 Å². The molecule has 1 aromatic carbocycles. The summed E-state index contributed by atoms with van der Waals surface area (Å²) in [6.45, 7) is 4.02. The van der Waals surface area contributed by atoms with E-state index in [1.807, 2.05) is 19.9 Å². The van der Waals surface area contributed by atoms with Gasteiger partial charge in [-0.15, -0.1) is 0 Å². The molecule has 0 aliphatic heterocycles. The van der Waals surface area contributed by atoms with E-state index in [1.54, 1.807) is 36.4 Å². The molecule has 6 heteroatoms. The standard InChI is InChI=1S/C23H30N2O4/c1-3-5-16-23(28,17-6-4-2)22(27)24-25(19-11-8-7-9-12-19)21(26)15-14-20-13-10-18-29-20/h7-15,18,28H,3-6,16-17H2,1-2H3,(H,24,27)/b15-14+. The molecular weight excluding hydrogens is 368 g/mol. The second-order valence-electron chi connectivity index (χ2n) is 7.04. The van der Waals surface area contributed by atoms with Crippen LogP contribution in [-0.4, -0.2) is 22.5 Å². The molecule has 0 saturated heterocycles. The van der Waals surface area contributed by atoms with Crippen LogP contribution in [0.15, 0.2) is 59.2 Å². The minimum atomic E-state index is -1.51. The first-order valence-electron chi connectivity index (χ1n) is 10.1. The Bertz CT molecular complexity index is 776. The summed E-state index contributed by atoms with van der Waals surface area (Å²) < 4.78 is 5.21. The lowest BCUT2D eigenvalue weighted by Gasteiger charge is -2.31. The second kappa shape index (κ2) is 11.2. The maximum atomic E-state index is 13.0. The van der Waals surface area contributed by atoms with Crippen molar-refractivity contribution in [1.82, 2.24) is 5.43 Å². The first kappa shape index (κ1) is 22.4. The smallest absolute Gasteiger partial charge is 0.270 e. The first-order valence-corrected chi connectivity index (χ1v) is 10.1. The number of carbonyl (C=O) groups is 2. The number of hydrogen-bond acceptors (Lipinski definition) is 4. The lowest BCUT2D eigenvalue weighted by molar-refractivity contribution is -0.142. The third kappa shape index (κ3) is 6.61. The Morgan fingerprint density at radius 2 is 1.72 bits per heavy atom. The summed E-state index contributed by atoms with van der Waals surface area (Å²) in [5, 5.41) is 12.2. The van der Waals surface area contributed by atoms with E-state index in [0.717, 1.165) is 30.7 Å². The van der Waals surface area contributed by atoms with Crippen LogP contribution < -0.4 is 10.4 Å². The van der Waals surface area contributed by atoms with Crippen LogP contribution in [0.1, 0.15) is 58.1 Å². The number of aliphatic hydroxyl groups is 1. The van der Waals surface area contributed by atoms with Gasteiger partial charge in [-0.2, -0.15) is 0 Å². The molecule has 0 saturated carbocycles. The van der Waals surface area contributed by atoms with Gasteiger partial charge >= 0.3 is 0 Å². The molecular formula is C23H30N2O4. The normalized spacial score (nSPS) is 11.6. The Morgan fingerprint density at radius 3 is 2.28 bits per heavy atom. The predicted molar refractivity (Wildman–Crippen MR) is 114 cm³/mol. The van der Waals surface area contributed by atoms with Gasteiger partial charge in [0.15, 0.2) is 0 Å². The van der Waals surface area contributed by atoms with E-state index in [2.05, 4.69) is 5.43 Å². The SMILES string of the molecule is CCCCC(O)(CCCC)C(=O)NN(C(=O)/C=C/c1ccco1)c1ccccc1. The molecule has 2 N–H and O–H groups in total. The number of nitrogens with zero attached hydrogens (tertiary/aromatic N) is 1. The van der Waals surface area contributed by atoms with Gasteiger partial charge in [-0.05, 0) is 43.2 Å². The van der Waals surface area contributed by atoms with E-state index >= 15 is 0 Å².